The fourth-order valence-corrected chi connectivity index (χ4v) is 6.09. The average Bonchev–Trinajstić information content (AvgIpc) is 3.64. The van der Waals surface area contributed by atoms with Crippen LogP contribution in [-0.4, -0.2) is 53.0 Å². The zero-order valence-electron chi connectivity index (χ0n) is 23.3. The van der Waals surface area contributed by atoms with Gasteiger partial charge in [-0.1, -0.05) is 48.5 Å². The molecule has 2 aliphatic rings. The molecule has 8 heteroatoms. The van der Waals surface area contributed by atoms with Crippen LogP contribution in [-0.2, 0) is 0 Å². The Hall–Kier alpha value is -3.55. The Balaban J connectivity index is 1.27. The average molecular weight is 560 g/mol. The lowest BCUT2D eigenvalue weighted by Gasteiger charge is -2.28. The second-order valence-electron chi connectivity index (χ2n) is 10.8. The maximum Gasteiger partial charge on any atom is 0.322 e. The highest BCUT2D eigenvalue weighted by Crippen LogP contribution is 2.36. The molecule has 1 aromatic heterocycles. The van der Waals surface area contributed by atoms with E-state index in [2.05, 4.69) is 21.8 Å². The minimum absolute atomic E-state index is 0.0259. The van der Waals surface area contributed by atoms with Crippen molar-refractivity contribution in [2.24, 2.45) is 0 Å². The van der Waals surface area contributed by atoms with Crippen molar-refractivity contribution in [2.75, 3.05) is 37.2 Å². The first-order valence-electron chi connectivity index (χ1n) is 14.1. The number of nitrogens with one attached hydrogen (secondary N) is 1. The molecule has 2 aliphatic heterocycles. The lowest BCUT2D eigenvalue weighted by Crippen LogP contribution is -2.44. The number of halogens is 1. The number of carbonyl (C=O) groups excluding carboxylic acids is 1. The number of rotatable bonds is 8. The highest BCUT2D eigenvalue weighted by atomic mass is 35.5. The molecule has 0 radical (unpaired) electrons. The van der Waals surface area contributed by atoms with Crippen molar-refractivity contribution in [1.29, 1.82) is 0 Å². The normalized spacial score (nSPS) is 18.1. The van der Waals surface area contributed by atoms with Crippen molar-refractivity contribution in [3.05, 3.63) is 77.0 Å². The van der Waals surface area contributed by atoms with Gasteiger partial charge in [0.2, 0.25) is 0 Å². The summed E-state index contributed by atoms with van der Waals surface area (Å²) in [6.07, 6.45) is 7.79. The maximum absolute atomic E-state index is 13.1. The summed E-state index contributed by atoms with van der Waals surface area (Å²) in [6.45, 7) is 11.9. The first-order valence-corrected chi connectivity index (χ1v) is 14.5. The van der Waals surface area contributed by atoms with Crippen molar-refractivity contribution < 1.29 is 9.53 Å². The van der Waals surface area contributed by atoms with Crippen LogP contribution in [0, 0.1) is 6.92 Å². The number of pyridine rings is 1. The summed E-state index contributed by atoms with van der Waals surface area (Å²) in [7, 11) is 0. The van der Waals surface area contributed by atoms with E-state index in [0.717, 1.165) is 72.5 Å². The van der Waals surface area contributed by atoms with Gasteiger partial charge in [-0.15, -0.1) is 0 Å². The number of nitrogen functional groups attached to an aromatic ring is 1. The molecule has 1 unspecified atom stereocenters. The van der Waals surface area contributed by atoms with Crippen LogP contribution in [0.3, 0.4) is 0 Å². The van der Waals surface area contributed by atoms with Crippen molar-refractivity contribution >= 4 is 35.2 Å². The van der Waals surface area contributed by atoms with Gasteiger partial charge in [0.05, 0.1) is 5.02 Å². The number of carbonyl (C=O) groups is 1. The van der Waals surface area contributed by atoms with E-state index < -0.39 is 0 Å². The summed E-state index contributed by atoms with van der Waals surface area (Å²) >= 11 is 6.63. The van der Waals surface area contributed by atoms with E-state index in [1.54, 1.807) is 12.3 Å². The highest BCUT2D eigenvalue weighted by Gasteiger charge is 2.31. The molecule has 210 valence electrons. The number of amides is 2. The molecule has 0 bridgehead atoms. The molecule has 40 heavy (non-hydrogen) atoms. The largest absolute Gasteiger partial charge is 0.482 e. The molecule has 0 saturated carbocycles. The van der Waals surface area contributed by atoms with Crippen LogP contribution in [0.1, 0.15) is 55.4 Å². The Labute approximate surface area is 242 Å². The molecule has 0 spiro atoms. The van der Waals surface area contributed by atoms with E-state index >= 15 is 0 Å². The van der Waals surface area contributed by atoms with Crippen molar-refractivity contribution in [1.82, 2.24) is 14.8 Å². The van der Waals surface area contributed by atoms with Gasteiger partial charge in [-0.3, -0.25) is 0 Å². The summed E-state index contributed by atoms with van der Waals surface area (Å²) in [5, 5.41) is 3.74. The SMILES string of the molecule is C=Cc1ccc(C)c(Cl)c1C(C)Oc1cc(-c2ccc(NC(=O)N3CCC[C@@H]3CN3CCCC3)cc2)cnc1N. The van der Waals surface area contributed by atoms with Crippen LogP contribution >= 0.6 is 11.6 Å². The third-order valence-electron chi connectivity index (χ3n) is 7.99. The van der Waals surface area contributed by atoms with Crippen molar-refractivity contribution in [3.63, 3.8) is 0 Å². The standard InChI is InChI=1S/C32H38ClN5O2/c1-4-23-10-9-21(2)30(33)29(23)22(3)40-28-18-25(19-35-31(28)34)24-11-13-26(14-12-24)36-32(39)38-17-7-8-27(38)20-37-15-5-6-16-37/h4,9-14,18-19,22,27H,1,5-8,15-17,20H2,2-3H3,(H2,34,35)(H,36,39)/t22?,27-/m1/s1. The van der Waals surface area contributed by atoms with Gasteiger partial charge >= 0.3 is 6.03 Å². The Bertz CT molecular complexity index is 1370. The molecule has 0 aliphatic carbocycles. The molecule has 2 amide bonds. The minimum atomic E-state index is -0.364. The lowest BCUT2D eigenvalue weighted by atomic mass is 10.00. The zero-order chi connectivity index (χ0) is 28.2. The highest BCUT2D eigenvalue weighted by molar-refractivity contribution is 6.32. The Kier molecular flexibility index (Phi) is 8.62. The summed E-state index contributed by atoms with van der Waals surface area (Å²) < 4.78 is 6.28. The fourth-order valence-electron chi connectivity index (χ4n) is 5.76. The van der Waals surface area contributed by atoms with Gasteiger partial charge in [0, 0.05) is 42.1 Å². The predicted molar refractivity (Wildman–Crippen MR) is 164 cm³/mol. The molecule has 2 saturated heterocycles. The van der Waals surface area contributed by atoms with E-state index in [-0.39, 0.29) is 18.2 Å². The van der Waals surface area contributed by atoms with Crippen LogP contribution < -0.4 is 15.8 Å². The van der Waals surface area contributed by atoms with E-state index in [4.69, 9.17) is 22.1 Å². The number of urea groups is 1. The number of ether oxygens (including phenoxy) is 1. The number of likely N-dealkylation sites (tertiary alicyclic amines) is 2. The maximum atomic E-state index is 13.1. The van der Waals surface area contributed by atoms with Crippen LogP contribution in [0.4, 0.5) is 16.3 Å². The van der Waals surface area contributed by atoms with Gasteiger partial charge in [-0.2, -0.15) is 0 Å². The molecule has 3 N–H and O–H groups in total. The number of anilines is 2. The topological polar surface area (TPSA) is 83.7 Å². The molecular formula is C32H38ClN5O2. The molecule has 2 aromatic carbocycles. The van der Waals surface area contributed by atoms with Gasteiger partial charge in [0.25, 0.3) is 0 Å². The fraction of sp³-hybridized carbons (Fsp3) is 0.375. The monoisotopic (exact) mass is 559 g/mol. The van der Waals surface area contributed by atoms with Gasteiger partial charge in [0.1, 0.15) is 6.10 Å². The molecule has 3 aromatic rings. The smallest absolute Gasteiger partial charge is 0.322 e. The molecule has 2 atom stereocenters. The molecular weight excluding hydrogens is 522 g/mol. The van der Waals surface area contributed by atoms with E-state index in [0.29, 0.717) is 16.6 Å². The molecule has 5 rings (SSSR count). The Morgan fingerprint density at radius 1 is 1.18 bits per heavy atom. The van der Waals surface area contributed by atoms with Crippen LogP contribution in [0.5, 0.6) is 5.75 Å². The third kappa shape index (κ3) is 6.11. The van der Waals surface area contributed by atoms with Crippen molar-refractivity contribution in [3.8, 4) is 16.9 Å². The number of hydrogen-bond donors (Lipinski definition) is 2. The van der Waals surface area contributed by atoms with Gasteiger partial charge in [-0.25, -0.2) is 9.78 Å². The van der Waals surface area contributed by atoms with Crippen LogP contribution in [0.25, 0.3) is 17.2 Å². The quantitative estimate of drug-likeness (QED) is 0.306. The first-order chi connectivity index (χ1) is 19.3. The number of nitrogens with two attached hydrogens (primary N) is 1. The van der Waals surface area contributed by atoms with Gasteiger partial charge < -0.3 is 25.6 Å². The van der Waals surface area contributed by atoms with Gasteiger partial charge in [0.15, 0.2) is 11.6 Å². The Morgan fingerprint density at radius 3 is 2.65 bits per heavy atom. The van der Waals surface area contributed by atoms with E-state index in [1.165, 1.54) is 12.8 Å². The Morgan fingerprint density at radius 2 is 1.93 bits per heavy atom. The number of aryl methyl sites for hydroxylation is 1. The summed E-state index contributed by atoms with van der Waals surface area (Å²) in [5.41, 5.74) is 11.5. The predicted octanol–water partition coefficient (Wildman–Crippen LogP) is 7.17. The first kappa shape index (κ1) is 28.0. The van der Waals surface area contributed by atoms with E-state index in [9.17, 15) is 4.79 Å². The number of aromatic nitrogens is 1. The summed E-state index contributed by atoms with van der Waals surface area (Å²) in [4.78, 5) is 21.9. The number of benzene rings is 2. The molecule has 2 fully saturated rings. The third-order valence-corrected chi connectivity index (χ3v) is 8.50. The minimum Gasteiger partial charge on any atom is -0.482 e. The lowest BCUT2D eigenvalue weighted by molar-refractivity contribution is 0.186. The summed E-state index contributed by atoms with van der Waals surface area (Å²) in [5.74, 6) is 0.783. The molecule has 7 nitrogen and oxygen atoms in total. The molecule has 3 heterocycles. The van der Waals surface area contributed by atoms with Crippen LogP contribution in [0.2, 0.25) is 5.02 Å². The second-order valence-corrected chi connectivity index (χ2v) is 11.2. The number of hydrogen-bond acceptors (Lipinski definition) is 5. The van der Waals surface area contributed by atoms with Crippen molar-refractivity contribution in [2.45, 2.75) is 51.7 Å². The second kappa shape index (κ2) is 12.3. The van der Waals surface area contributed by atoms with E-state index in [1.807, 2.05) is 61.2 Å². The van der Waals surface area contributed by atoms with Crippen LogP contribution in [0.15, 0.2) is 55.2 Å². The number of nitrogens with zero attached hydrogens (tertiary/aromatic N) is 3. The summed E-state index contributed by atoms with van der Waals surface area (Å²) in [6, 6.07) is 13.9. The van der Waals surface area contributed by atoms with Gasteiger partial charge in [-0.05, 0) is 87.5 Å². The zero-order valence-corrected chi connectivity index (χ0v) is 24.1.